The lowest BCUT2D eigenvalue weighted by Gasteiger charge is -2.07. The Hall–Kier alpha value is -4.07. The van der Waals surface area contributed by atoms with Gasteiger partial charge in [0.2, 0.25) is 6.79 Å². The molecule has 0 radical (unpaired) electrons. The highest BCUT2D eigenvalue weighted by molar-refractivity contribution is 6.16. The maximum absolute atomic E-state index is 13.1. The highest BCUT2D eigenvalue weighted by Gasteiger charge is 2.24. The number of fused-ring (bicyclic) bond motifs is 3. The van der Waals surface area contributed by atoms with Gasteiger partial charge in [0.25, 0.3) is 5.91 Å². The van der Waals surface area contributed by atoms with Crippen molar-refractivity contribution in [3.8, 4) is 11.5 Å². The third kappa shape index (κ3) is 2.73. The summed E-state index contributed by atoms with van der Waals surface area (Å²) in [6.07, 6.45) is 1.70. The van der Waals surface area contributed by atoms with Gasteiger partial charge < -0.3 is 25.1 Å². The van der Waals surface area contributed by atoms with Crippen LogP contribution < -0.4 is 20.5 Å². The zero-order chi connectivity index (χ0) is 20.0. The van der Waals surface area contributed by atoms with Crippen LogP contribution in [0.15, 0.2) is 55.1 Å². The summed E-state index contributed by atoms with van der Waals surface area (Å²) in [5, 5.41) is 2.86. The van der Waals surface area contributed by atoms with Gasteiger partial charge in [-0.2, -0.15) is 0 Å². The molecule has 0 bridgehead atoms. The molecule has 2 aromatic carbocycles. The molecule has 3 N–H and O–H groups in total. The predicted octanol–water partition coefficient (Wildman–Crippen LogP) is 3.33. The Balaban J connectivity index is 1.63. The van der Waals surface area contributed by atoms with Gasteiger partial charge in [-0.25, -0.2) is 9.97 Å². The molecule has 0 spiro atoms. The number of carbonyl (C=O) groups is 1. The van der Waals surface area contributed by atoms with Crippen molar-refractivity contribution in [1.82, 2.24) is 14.5 Å². The van der Waals surface area contributed by atoms with E-state index in [-0.39, 0.29) is 24.1 Å². The van der Waals surface area contributed by atoms with Crippen molar-refractivity contribution >= 4 is 39.6 Å². The van der Waals surface area contributed by atoms with Crippen LogP contribution in [-0.4, -0.2) is 27.2 Å². The van der Waals surface area contributed by atoms with Gasteiger partial charge in [-0.1, -0.05) is 18.2 Å². The lowest BCUT2D eigenvalue weighted by molar-refractivity contribution is 0.102. The molecule has 29 heavy (non-hydrogen) atoms. The van der Waals surface area contributed by atoms with Gasteiger partial charge in [-0.05, 0) is 24.3 Å². The number of hydrogen-bond donors (Lipinski definition) is 2. The molecule has 0 atom stereocenters. The van der Waals surface area contributed by atoms with Crippen molar-refractivity contribution in [1.29, 1.82) is 0 Å². The summed E-state index contributed by atoms with van der Waals surface area (Å²) >= 11 is 0. The number of carbonyl (C=O) groups excluding carboxylic acids is 1. The number of hydrogen-bond acceptors (Lipinski definition) is 6. The number of rotatable bonds is 4. The lowest BCUT2D eigenvalue weighted by atomic mass is 10.2. The molecule has 0 fully saturated rings. The standard InChI is InChI=1S/C21H17N5O3/c1-2-9-26-19(22)17(18-20(26)25-14-6-4-3-5-13(14)24-18)21(27)23-12-7-8-15-16(10-12)29-11-28-15/h2-8,10H,1,9,11,22H2,(H,23,27). The Bertz CT molecular complexity index is 1290. The van der Waals surface area contributed by atoms with E-state index in [0.717, 1.165) is 5.52 Å². The van der Waals surface area contributed by atoms with Crippen LogP contribution in [0.5, 0.6) is 11.5 Å². The minimum atomic E-state index is -0.376. The van der Waals surface area contributed by atoms with Crippen molar-refractivity contribution in [3.05, 3.63) is 60.7 Å². The van der Waals surface area contributed by atoms with Crippen molar-refractivity contribution < 1.29 is 14.3 Å². The van der Waals surface area contributed by atoms with E-state index in [0.29, 0.717) is 40.4 Å². The molecule has 3 heterocycles. The van der Waals surface area contributed by atoms with Crippen LogP contribution in [0.2, 0.25) is 0 Å². The number of nitrogens with one attached hydrogen (secondary N) is 1. The molecule has 0 aliphatic carbocycles. The molecule has 0 unspecified atom stereocenters. The van der Waals surface area contributed by atoms with Gasteiger partial charge in [0.1, 0.15) is 16.9 Å². The summed E-state index contributed by atoms with van der Waals surface area (Å²) < 4.78 is 12.4. The Kier molecular flexibility index (Phi) is 3.83. The molecule has 1 aliphatic rings. The van der Waals surface area contributed by atoms with E-state index in [1.807, 2.05) is 24.3 Å². The van der Waals surface area contributed by atoms with Crippen LogP contribution in [0.4, 0.5) is 11.5 Å². The van der Waals surface area contributed by atoms with Crippen molar-refractivity contribution in [2.75, 3.05) is 17.8 Å². The maximum Gasteiger partial charge on any atom is 0.261 e. The monoisotopic (exact) mass is 387 g/mol. The molecule has 5 rings (SSSR count). The molecule has 1 amide bonds. The number of nitrogens with zero attached hydrogens (tertiary/aromatic N) is 3. The van der Waals surface area contributed by atoms with E-state index in [2.05, 4.69) is 21.9 Å². The molecule has 0 saturated carbocycles. The molecular weight excluding hydrogens is 370 g/mol. The number of aromatic nitrogens is 3. The molecule has 2 aromatic heterocycles. The van der Waals surface area contributed by atoms with Crippen LogP contribution in [0.25, 0.3) is 22.2 Å². The topological polar surface area (TPSA) is 104 Å². The maximum atomic E-state index is 13.1. The average molecular weight is 387 g/mol. The summed E-state index contributed by atoms with van der Waals surface area (Å²) in [5.41, 5.74) is 9.58. The number of nitrogens with two attached hydrogens (primary N) is 1. The van der Waals surface area contributed by atoms with Gasteiger partial charge in [0, 0.05) is 18.3 Å². The Morgan fingerprint density at radius 2 is 1.93 bits per heavy atom. The van der Waals surface area contributed by atoms with E-state index >= 15 is 0 Å². The van der Waals surface area contributed by atoms with Gasteiger partial charge >= 0.3 is 0 Å². The smallest absolute Gasteiger partial charge is 0.261 e. The predicted molar refractivity (Wildman–Crippen MR) is 110 cm³/mol. The second-order valence-electron chi connectivity index (χ2n) is 6.57. The van der Waals surface area contributed by atoms with E-state index < -0.39 is 0 Å². The van der Waals surface area contributed by atoms with Gasteiger partial charge in [0.15, 0.2) is 17.1 Å². The van der Waals surface area contributed by atoms with E-state index in [1.54, 1.807) is 28.8 Å². The highest BCUT2D eigenvalue weighted by atomic mass is 16.7. The SMILES string of the molecule is C=CCn1c(N)c(C(=O)Nc2ccc3c(c2)OCO3)c2nc3ccccc3nc21. The zero-order valence-corrected chi connectivity index (χ0v) is 15.4. The average Bonchev–Trinajstić information content (AvgIpc) is 3.29. The second-order valence-corrected chi connectivity index (χ2v) is 6.57. The summed E-state index contributed by atoms with van der Waals surface area (Å²) in [7, 11) is 0. The third-order valence-electron chi connectivity index (χ3n) is 4.76. The van der Waals surface area contributed by atoms with Gasteiger partial charge in [-0.15, -0.1) is 6.58 Å². The van der Waals surface area contributed by atoms with E-state index in [1.165, 1.54) is 0 Å². The Labute approximate surface area is 165 Å². The summed E-state index contributed by atoms with van der Waals surface area (Å²) in [4.78, 5) is 22.5. The van der Waals surface area contributed by atoms with Crippen molar-refractivity contribution in [3.63, 3.8) is 0 Å². The number of allylic oxidation sites excluding steroid dienone is 1. The first-order valence-electron chi connectivity index (χ1n) is 9.02. The van der Waals surface area contributed by atoms with Crippen LogP contribution in [-0.2, 0) is 6.54 Å². The van der Waals surface area contributed by atoms with Crippen LogP contribution in [0.1, 0.15) is 10.4 Å². The number of amides is 1. The second kappa shape index (κ2) is 6.52. The molecule has 8 heteroatoms. The summed E-state index contributed by atoms with van der Waals surface area (Å²) in [6, 6.07) is 12.7. The highest BCUT2D eigenvalue weighted by Crippen LogP contribution is 2.35. The first-order chi connectivity index (χ1) is 14.2. The largest absolute Gasteiger partial charge is 0.454 e. The Morgan fingerprint density at radius 3 is 2.72 bits per heavy atom. The lowest BCUT2D eigenvalue weighted by Crippen LogP contribution is -2.14. The molecule has 144 valence electrons. The normalized spacial score (nSPS) is 12.4. The first-order valence-corrected chi connectivity index (χ1v) is 9.02. The molecular formula is C21H17N5O3. The van der Waals surface area contributed by atoms with Gasteiger partial charge in [-0.3, -0.25) is 4.79 Å². The van der Waals surface area contributed by atoms with Gasteiger partial charge in [0.05, 0.1) is 11.0 Å². The molecule has 8 nitrogen and oxygen atoms in total. The number of nitrogen functional groups attached to an aromatic ring is 1. The van der Waals surface area contributed by atoms with E-state index in [9.17, 15) is 4.79 Å². The zero-order valence-electron chi connectivity index (χ0n) is 15.4. The fraction of sp³-hybridized carbons (Fsp3) is 0.0952. The third-order valence-corrected chi connectivity index (χ3v) is 4.76. The van der Waals surface area contributed by atoms with E-state index in [4.69, 9.17) is 15.2 Å². The summed E-state index contributed by atoms with van der Waals surface area (Å²) in [6.45, 7) is 4.34. The van der Waals surface area contributed by atoms with Crippen LogP contribution >= 0.6 is 0 Å². The quantitative estimate of drug-likeness (QED) is 0.521. The minimum absolute atomic E-state index is 0.164. The van der Waals surface area contributed by atoms with Crippen molar-refractivity contribution in [2.45, 2.75) is 6.54 Å². The van der Waals surface area contributed by atoms with Crippen molar-refractivity contribution in [2.24, 2.45) is 0 Å². The van der Waals surface area contributed by atoms with Crippen LogP contribution in [0.3, 0.4) is 0 Å². The number of anilines is 2. The molecule has 0 saturated heterocycles. The summed E-state index contributed by atoms with van der Waals surface area (Å²) in [5.74, 6) is 1.13. The number of ether oxygens (including phenoxy) is 2. The fourth-order valence-electron chi connectivity index (χ4n) is 3.42. The molecule has 1 aliphatic heterocycles. The minimum Gasteiger partial charge on any atom is -0.454 e. The van der Waals surface area contributed by atoms with Crippen LogP contribution in [0, 0.1) is 0 Å². The fourth-order valence-corrected chi connectivity index (χ4v) is 3.42. The Morgan fingerprint density at radius 1 is 1.17 bits per heavy atom. The number of benzene rings is 2. The number of para-hydroxylation sites is 2. The first kappa shape index (κ1) is 17.1. The molecule has 4 aromatic rings.